The molecule has 0 spiro atoms. The van der Waals surface area contributed by atoms with Crippen LogP contribution >= 0.6 is 0 Å². The van der Waals surface area contributed by atoms with Crippen LogP contribution in [-0.2, 0) is 9.59 Å². The van der Waals surface area contributed by atoms with E-state index in [9.17, 15) is 9.59 Å². The van der Waals surface area contributed by atoms with E-state index >= 15 is 0 Å². The number of hydrogen-bond acceptors (Lipinski definition) is 5. The highest BCUT2D eigenvalue weighted by Gasteiger charge is 2.29. The van der Waals surface area contributed by atoms with Crippen LogP contribution in [0.15, 0.2) is 18.2 Å². The summed E-state index contributed by atoms with van der Waals surface area (Å²) in [7, 11) is 4.71. The molecule has 0 radical (unpaired) electrons. The van der Waals surface area contributed by atoms with Gasteiger partial charge in [-0.3, -0.25) is 9.59 Å². The number of methoxy groups -OCH3 is 3. The topological polar surface area (TPSA) is 68.3 Å². The fourth-order valence-corrected chi connectivity index (χ4v) is 4.35. The second kappa shape index (κ2) is 11.1. The molecule has 7 heteroatoms. The summed E-state index contributed by atoms with van der Waals surface area (Å²) in [5.41, 5.74) is 0.736. The number of carbonyl (C=O) groups is 2. The van der Waals surface area contributed by atoms with Crippen LogP contribution in [-0.4, -0.2) is 69.1 Å². The third-order valence-corrected chi connectivity index (χ3v) is 6.21. The predicted molar refractivity (Wildman–Crippen MR) is 119 cm³/mol. The normalized spacial score (nSPS) is 18.0. The second-order valence-electron chi connectivity index (χ2n) is 8.12. The van der Waals surface area contributed by atoms with E-state index in [1.165, 1.54) is 12.8 Å². The number of ether oxygens (including phenoxy) is 3. The summed E-state index contributed by atoms with van der Waals surface area (Å²) in [6.07, 6.45) is 9.39. The quantitative estimate of drug-likeness (QED) is 0.648. The summed E-state index contributed by atoms with van der Waals surface area (Å²) >= 11 is 0. The molecule has 0 saturated carbocycles. The van der Waals surface area contributed by atoms with E-state index in [2.05, 4.69) is 0 Å². The molecule has 2 aliphatic rings. The molecular weight excluding hydrogens is 396 g/mol. The fraction of sp³-hybridized carbons (Fsp3) is 0.583. The Morgan fingerprint density at radius 2 is 1.39 bits per heavy atom. The van der Waals surface area contributed by atoms with E-state index in [0.717, 1.165) is 44.3 Å². The first-order valence-electron chi connectivity index (χ1n) is 11.1. The van der Waals surface area contributed by atoms with Crippen molar-refractivity contribution in [3.63, 3.8) is 0 Å². The lowest BCUT2D eigenvalue weighted by molar-refractivity contribution is -0.139. The first kappa shape index (κ1) is 23.0. The minimum absolute atomic E-state index is 0.0390. The van der Waals surface area contributed by atoms with Crippen molar-refractivity contribution in [3.8, 4) is 17.2 Å². The molecule has 0 bridgehead atoms. The summed E-state index contributed by atoms with van der Waals surface area (Å²) < 4.78 is 16.1. The maximum absolute atomic E-state index is 12.8. The Labute approximate surface area is 184 Å². The van der Waals surface area contributed by atoms with Crippen LogP contribution in [0.2, 0.25) is 0 Å². The molecule has 0 unspecified atom stereocenters. The summed E-state index contributed by atoms with van der Waals surface area (Å²) in [6.45, 7) is 2.98. The fourth-order valence-electron chi connectivity index (χ4n) is 4.35. The molecular formula is C24H34N2O5. The molecule has 1 aromatic carbocycles. The van der Waals surface area contributed by atoms with E-state index in [4.69, 9.17) is 14.2 Å². The predicted octanol–water partition coefficient (Wildman–Crippen LogP) is 3.37. The van der Waals surface area contributed by atoms with Gasteiger partial charge < -0.3 is 24.0 Å². The minimum Gasteiger partial charge on any atom is -0.496 e. The lowest BCUT2D eigenvalue weighted by atomic mass is 9.95. The van der Waals surface area contributed by atoms with E-state index in [1.54, 1.807) is 45.6 Å². The average molecular weight is 431 g/mol. The molecule has 7 nitrogen and oxygen atoms in total. The monoisotopic (exact) mass is 430 g/mol. The molecule has 2 aliphatic heterocycles. The molecule has 0 N–H and O–H groups in total. The van der Waals surface area contributed by atoms with Crippen molar-refractivity contribution in [1.82, 2.24) is 9.80 Å². The number of amides is 2. The minimum atomic E-state index is -0.0579. The van der Waals surface area contributed by atoms with Crippen molar-refractivity contribution >= 4 is 17.9 Å². The molecule has 2 amide bonds. The summed E-state index contributed by atoms with van der Waals surface area (Å²) in [4.78, 5) is 29.4. The largest absolute Gasteiger partial charge is 0.496 e. The van der Waals surface area contributed by atoms with Gasteiger partial charge in [-0.25, -0.2) is 0 Å². The van der Waals surface area contributed by atoms with Crippen LogP contribution in [0.25, 0.3) is 6.08 Å². The Balaban J connectivity index is 1.58. The molecule has 170 valence electrons. The summed E-state index contributed by atoms with van der Waals surface area (Å²) in [5, 5.41) is 0. The first-order valence-corrected chi connectivity index (χ1v) is 11.1. The lowest BCUT2D eigenvalue weighted by Gasteiger charge is -2.33. The smallest absolute Gasteiger partial charge is 0.246 e. The molecule has 2 saturated heterocycles. The summed E-state index contributed by atoms with van der Waals surface area (Å²) in [6, 6.07) is 3.52. The standard InChI is InChI=1S/C24H34N2O5/c1-29-20-17-22(31-3)21(30-2)16-19(20)8-9-23(27)25-14-10-18(11-15-25)24(28)26-12-6-4-5-7-13-26/h8-9,16-18H,4-7,10-15H2,1-3H3/b9-8+. The third kappa shape index (κ3) is 5.71. The molecule has 2 heterocycles. The second-order valence-corrected chi connectivity index (χ2v) is 8.12. The molecule has 2 fully saturated rings. The highest BCUT2D eigenvalue weighted by Crippen LogP contribution is 2.35. The molecule has 0 aliphatic carbocycles. The van der Waals surface area contributed by atoms with Crippen molar-refractivity contribution in [2.24, 2.45) is 5.92 Å². The lowest BCUT2D eigenvalue weighted by Crippen LogP contribution is -2.44. The van der Waals surface area contributed by atoms with Crippen LogP contribution in [0.4, 0.5) is 0 Å². The number of benzene rings is 1. The molecule has 1 aromatic rings. The van der Waals surface area contributed by atoms with Crippen molar-refractivity contribution in [1.29, 1.82) is 0 Å². The van der Waals surface area contributed by atoms with Gasteiger partial charge in [-0.2, -0.15) is 0 Å². The zero-order valence-electron chi connectivity index (χ0n) is 18.9. The SMILES string of the molecule is COc1cc(OC)c(OC)cc1/C=C/C(=O)N1CCC(C(=O)N2CCCCCC2)CC1. The Kier molecular flexibility index (Phi) is 8.20. The zero-order chi connectivity index (χ0) is 22.2. The number of piperidine rings is 1. The molecule has 31 heavy (non-hydrogen) atoms. The maximum atomic E-state index is 12.8. The number of nitrogens with zero attached hydrogens (tertiary/aromatic N) is 2. The van der Waals surface area contributed by atoms with Gasteiger partial charge in [0, 0.05) is 49.8 Å². The average Bonchev–Trinajstić information content (AvgIpc) is 3.11. The van der Waals surface area contributed by atoms with Gasteiger partial charge in [0.2, 0.25) is 11.8 Å². The Hall–Kier alpha value is -2.70. The van der Waals surface area contributed by atoms with Crippen LogP contribution in [0.1, 0.15) is 44.1 Å². The number of hydrogen-bond donors (Lipinski definition) is 0. The molecule has 0 atom stereocenters. The van der Waals surface area contributed by atoms with Crippen LogP contribution in [0.3, 0.4) is 0 Å². The number of carbonyl (C=O) groups excluding carboxylic acids is 2. The van der Waals surface area contributed by atoms with Gasteiger partial charge in [-0.1, -0.05) is 12.8 Å². The molecule has 3 rings (SSSR count). The van der Waals surface area contributed by atoms with Crippen LogP contribution in [0, 0.1) is 5.92 Å². The van der Waals surface area contributed by atoms with Gasteiger partial charge in [-0.15, -0.1) is 0 Å². The Bertz CT molecular complexity index is 791. The van der Waals surface area contributed by atoms with Crippen molar-refractivity contribution in [2.45, 2.75) is 38.5 Å². The van der Waals surface area contributed by atoms with Gasteiger partial charge in [0.25, 0.3) is 0 Å². The van der Waals surface area contributed by atoms with E-state index in [1.807, 2.05) is 9.80 Å². The van der Waals surface area contributed by atoms with Gasteiger partial charge in [0.15, 0.2) is 11.5 Å². The highest BCUT2D eigenvalue weighted by molar-refractivity contribution is 5.92. The maximum Gasteiger partial charge on any atom is 0.246 e. The highest BCUT2D eigenvalue weighted by atomic mass is 16.5. The van der Waals surface area contributed by atoms with Gasteiger partial charge >= 0.3 is 0 Å². The van der Waals surface area contributed by atoms with E-state index < -0.39 is 0 Å². The number of likely N-dealkylation sites (tertiary alicyclic amines) is 2. The van der Waals surface area contributed by atoms with Gasteiger partial charge in [0.05, 0.1) is 21.3 Å². The van der Waals surface area contributed by atoms with Gasteiger partial charge in [-0.05, 0) is 37.8 Å². The first-order chi connectivity index (χ1) is 15.1. The van der Waals surface area contributed by atoms with Crippen molar-refractivity contribution in [3.05, 3.63) is 23.8 Å². The number of rotatable bonds is 6. The Morgan fingerprint density at radius 1 is 0.806 bits per heavy atom. The van der Waals surface area contributed by atoms with Crippen molar-refractivity contribution < 1.29 is 23.8 Å². The Morgan fingerprint density at radius 3 is 1.97 bits per heavy atom. The summed E-state index contributed by atoms with van der Waals surface area (Å²) in [5.74, 6) is 2.00. The van der Waals surface area contributed by atoms with Gasteiger partial charge in [0.1, 0.15) is 5.75 Å². The zero-order valence-corrected chi connectivity index (χ0v) is 18.9. The van der Waals surface area contributed by atoms with Crippen molar-refractivity contribution in [2.75, 3.05) is 47.5 Å². The molecule has 0 aromatic heterocycles. The van der Waals surface area contributed by atoms with E-state index in [-0.39, 0.29) is 17.7 Å². The van der Waals surface area contributed by atoms with Crippen LogP contribution in [0.5, 0.6) is 17.2 Å². The third-order valence-electron chi connectivity index (χ3n) is 6.21. The van der Waals surface area contributed by atoms with E-state index in [0.29, 0.717) is 30.3 Å². The van der Waals surface area contributed by atoms with Crippen LogP contribution < -0.4 is 14.2 Å².